The molecule has 2 aromatic carbocycles. The number of amides is 1. The summed E-state index contributed by atoms with van der Waals surface area (Å²) in [4.78, 5) is 51.6. The SMILES string of the molecule is COC(=O)C1OC1C(=O)N1CCCCC1CNc1ncnc2[nH]cc(C(=O)c3ccc(Oc4ccccc4)cc3F)c12. The standard InChI is InChI=1S/C30H28FN5O6/c1-40-30(39)26-25(42-26)29(38)36-12-6-5-7-17(36)14-32-27-23-21(15-33-28(23)35-16-34-27)24(37)20-11-10-19(13-22(20)31)41-18-8-3-2-4-9-18/h2-4,8-11,13,15-17,25-26H,5-7,12,14H2,1H3,(H2,32,33,34,35). The molecule has 2 fully saturated rings. The zero-order chi connectivity index (χ0) is 29.2. The van der Waals surface area contributed by atoms with Crippen molar-refractivity contribution < 1.29 is 33.0 Å². The minimum atomic E-state index is -0.868. The van der Waals surface area contributed by atoms with Crippen LogP contribution in [-0.4, -0.2) is 76.0 Å². The van der Waals surface area contributed by atoms with Crippen molar-refractivity contribution in [2.24, 2.45) is 0 Å². The van der Waals surface area contributed by atoms with E-state index < -0.39 is 29.8 Å². The molecule has 0 aliphatic carbocycles. The number of hydrogen-bond acceptors (Lipinski definition) is 9. The Morgan fingerprint density at radius 2 is 1.90 bits per heavy atom. The van der Waals surface area contributed by atoms with Gasteiger partial charge in [0.05, 0.1) is 23.6 Å². The fourth-order valence-electron chi connectivity index (χ4n) is 5.27. The van der Waals surface area contributed by atoms with Crippen LogP contribution in [0.5, 0.6) is 11.5 Å². The molecule has 12 heteroatoms. The maximum absolute atomic E-state index is 15.1. The third kappa shape index (κ3) is 5.40. The number of epoxide rings is 1. The molecule has 2 aliphatic rings. The van der Waals surface area contributed by atoms with Gasteiger partial charge in [-0.05, 0) is 43.5 Å². The first-order valence-electron chi connectivity index (χ1n) is 13.6. The Morgan fingerprint density at radius 3 is 2.69 bits per heavy atom. The van der Waals surface area contributed by atoms with E-state index in [1.165, 1.54) is 37.8 Å². The molecule has 216 valence electrons. The van der Waals surface area contributed by atoms with Crippen LogP contribution in [-0.2, 0) is 19.1 Å². The van der Waals surface area contributed by atoms with E-state index in [9.17, 15) is 14.4 Å². The Labute approximate surface area is 240 Å². The highest BCUT2D eigenvalue weighted by Crippen LogP contribution is 2.31. The number of anilines is 1. The van der Waals surface area contributed by atoms with Crippen molar-refractivity contribution in [1.29, 1.82) is 0 Å². The lowest BCUT2D eigenvalue weighted by molar-refractivity contribution is -0.142. The van der Waals surface area contributed by atoms with Gasteiger partial charge in [-0.15, -0.1) is 0 Å². The predicted octanol–water partition coefficient (Wildman–Crippen LogP) is 3.85. The van der Waals surface area contributed by atoms with Gasteiger partial charge in [0.25, 0.3) is 5.91 Å². The number of rotatable bonds is 9. The number of hydrogen-bond donors (Lipinski definition) is 2. The van der Waals surface area contributed by atoms with Crippen molar-refractivity contribution in [3.05, 3.63) is 78.0 Å². The van der Waals surface area contributed by atoms with Gasteiger partial charge in [0.15, 0.2) is 18.0 Å². The monoisotopic (exact) mass is 573 g/mol. The molecule has 4 aromatic rings. The lowest BCUT2D eigenvalue weighted by atomic mass is 10.0. The van der Waals surface area contributed by atoms with Crippen LogP contribution in [0.1, 0.15) is 35.2 Å². The maximum Gasteiger partial charge on any atom is 0.338 e. The van der Waals surface area contributed by atoms with Crippen molar-refractivity contribution in [2.45, 2.75) is 37.5 Å². The number of ether oxygens (including phenoxy) is 3. The Hall–Kier alpha value is -4.84. The smallest absolute Gasteiger partial charge is 0.338 e. The lowest BCUT2D eigenvalue weighted by Crippen LogP contribution is -2.49. The molecular formula is C30H28FN5O6. The highest BCUT2D eigenvalue weighted by atomic mass is 19.1. The first-order chi connectivity index (χ1) is 20.4. The fraction of sp³-hybridized carbons (Fsp3) is 0.300. The Morgan fingerprint density at radius 1 is 1.07 bits per heavy atom. The summed E-state index contributed by atoms with van der Waals surface area (Å²) in [5.41, 5.74) is 0.483. The largest absolute Gasteiger partial charge is 0.467 e. The van der Waals surface area contributed by atoms with Crippen LogP contribution in [0.15, 0.2) is 61.1 Å². The number of benzene rings is 2. The minimum absolute atomic E-state index is 0.125. The van der Waals surface area contributed by atoms with Crippen molar-refractivity contribution >= 4 is 34.5 Å². The summed E-state index contributed by atoms with van der Waals surface area (Å²) < 4.78 is 30.8. The van der Waals surface area contributed by atoms with Gasteiger partial charge in [0.1, 0.15) is 35.1 Å². The zero-order valence-electron chi connectivity index (χ0n) is 22.7. The molecule has 0 radical (unpaired) electrons. The Bertz CT molecular complexity index is 1640. The van der Waals surface area contributed by atoms with Crippen molar-refractivity contribution in [3.63, 3.8) is 0 Å². The van der Waals surface area contributed by atoms with Crippen molar-refractivity contribution in [1.82, 2.24) is 19.9 Å². The second-order valence-electron chi connectivity index (χ2n) is 10.1. The summed E-state index contributed by atoms with van der Waals surface area (Å²) in [7, 11) is 1.26. The first-order valence-corrected chi connectivity index (χ1v) is 13.6. The van der Waals surface area contributed by atoms with Gasteiger partial charge in [-0.2, -0.15) is 0 Å². The van der Waals surface area contributed by atoms with Crippen LogP contribution < -0.4 is 10.1 Å². The number of aromatic nitrogens is 3. The van der Waals surface area contributed by atoms with E-state index in [2.05, 4.69) is 25.0 Å². The molecule has 2 N–H and O–H groups in total. The van der Waals surface area contributed by atoms with Gasteiger partial charge in [0, 0.05) is 31.4 Å². The molecule has 2 aliphatic heterocycles. The predicted molar refractivity (Wildman–Crippen MR) is 149 cm³/mol. The van der Waals surface area contributed by atoms with Crippen LogP contribution in [0, 0.1) is 5.82 Å². The normalized spacial score (nSPS) is 19.8. The second kappa shape index (κ2) is 11.6. The summed E-state index contributed by atoms with van der Waals surface area (Å²) in [6.07, 6.45) is 3.64. The average molecular weight is 574 g/mol. The molecule has 11 nitrogen and oxygen atoms in total. The summed E-state index contributed by atoms with van der Waals surface area (Å²) in [6.45, 7) is 0.876. The summed E-state index contributed by atoms with van der Waals surface area (Å²) in [5.74, 6) is -0.898. The number of carbonyl (C=O) groups excluding carboxylic acids is 3. The van der Waals surface area contributed by atoms with Crippen LogP contribution in [0.4, 0.5) is 10.2 Å². The molecule has 42 heavy (non-hydrogen) atoms. The van der Waals surface area contributed by atoms with E-state index in [0.717, 1.165) is 19.3 Å². The molecule has 0 saturated carbocycles. The van der Waals surface area contributed by atoms with E-state index in [1.54, 1.807) is 29.2 Å². The van der Waals surface area contributed by atoms with Crippen LogP contribution in [0.3, 0.4) is 0 Å². The van der Waals surface area contributed by atoms with Gasteiger partial charge in [-0.3, -0.25) is 9.59 Å². The van der Waals surface area contributed by atoms with Crippen molar-refractivity contribution in [3.8, 4) is 11.5 Å². The van der Waals surface area contributed by atoms with E-state index in [-0.39, 0.29) is 28.8 Å². The average Bonchev–Trinajstić information content (AvgIpc) is 3.70. The maximum atomic E-state index is 15.1. The summed E-state index contributed by atoms with van der Waals surface area (Å²) in [6, 6.07) is 12.9. The number of likely N-dealkylation sites (tertiary alicyclic amines) is 1. The van der Waals surface area contributed by atoms with Gasteiger partial charge in [0.2, 0.25) is 0 Å². The first kappa shape index (κ1) is 27.3. The van der Waals surface area contributed by atoms with E-state index in [4.69, 9.17) is 9.47 Å². The van der Waals surface area contributed by atoms with E-state index in [0.29, 0.717) is 35.7 Å². The lowest BCUT2D eigenvalue weighted by Gasteiger charge is -2.35. The molecule has 2 saturated heterocycles. The molecule has 6 rings (SSSR count). The molecule has 4 heterocycles. The third-order valence-electron chi connectivity index (χ3n) is 7.46. The molecule has 3 atom stereocenters. The number of nitrogens with zero attached hydrogens (tertiary/aromatic N) is 3. The number of H-pyrrole nitrogens is 1. The van der Waals surface area contributed by atoms with Crippen LogP contribution in [0.2, 0.25) is 0 Å². The van der Waals surface area contributed by atoms with Gasteiger partial charge < -0.3 is 29.4 Å². The number of methoxy groups -OCH3 is 1. The third-order valence-corrected chi connectivity index (χ3v) is 7.46. The fourth-order valence-corrected chi connectivity index (χ4v) is 5.27. The number of esters is 1. The minimum Gasteiger partial charge on any atom is -0.467 e. The van der Waals surface area contributed by atoms with E-state index in [1.807, 2.05) is 6.07 Å². The van der Waals surface area contributed by atoms with Crippen LogP contribution in [0.25, 0.3) is 11.0 Å². The van der Waals surface area contributed by atoms with Crippen molar-refractivity contribution in [2.75, 3.05) is 25.5 Å². The molecule has 0 spiro atoms. The number of nitrogens with one attached hydrogen (secondary N) is 2. The Kier molecular flexibility index (Phi) is 7.53. The van der Waals surface area contributed by atoms with Gasteiger partial charge in [-0.25, -0.2) is 19.2 Å². The van der Waals surface area contributed by atoms with Crippen LogP contribution >= 0.6 is 0 Å². The highest BCUT2D eigenvalue weighted by molar-refractivity contribution is 6.18. The molecule has 3 unspecified atom stereocenters. The summed E-state index contributed by atoms with van der Waals surface area (Å²) >= 11 is 0. The molecule has 2 aromatic heterocycles. The van der Waals surface area contributed by atoms with Gasteiger partial charge >= 0.3 is 5.97 Å². The zero-order valence-corrected chi connectivity index (χ0v) is 22.7. The number of para-hydroxylation sites is 1. The molecular weight excluding hydrogens is 545 g/mol. The number of carbonyl (C=O) groups is 3. The molecule has 1 amide bonds. The quantitative estimate of drug-likeness (QED) is 0.174. The second-order valence-corrected chi connectivity index (χ2v) is 10.1. The highest BCUT2D eigenvalue weighted by Gasteiger charge is 2.53. The summed E-state index contributed by atoms with van der Waals surface area (Å²) in [5, 5.41) is 3.68. The number of ketones is 1. The van der Waals surface area contributed by atoms with Gasteiger partial charge in [-0.1, -0.05) is 18.2 Å². The molecule has 0 bridgehead atoms. The Balaban J connectivity index is 1.20. The van der Waals surface area contributed by atoms with E-state index >= 15 is 4.39 Å². The topological polar surface area (TPSA) is 139 Å². The number of halogens is 1. The number of fused-ring (bicyclic) bond motifs is 1. The number of piperidine rings is 1. The number of aromatic amines is 1.